The maximum Gasteiger partial charge on any atom is 0.415 e. The summed E-state index contributed by atoms with van der Waals surface area (Å²) in [5, 5.41) is -0.402. The summed E-state index contributed by atoms with van der Waals surface area (Å²) in [5.74, 6) is -0.341. The summed E-state index contributed by atoms with van der Waals surface area (Å²) in [4.78, 5) is 13.3. The minimum Gasteiger partial charge on any atom is -0.410 e. The second-order valence-corrected chi connectivity index (χ2v) is 7.17. The number of hydrogen-bond donors (Lipinski definition) is 0. The molecular formula is C13H16FNO4S. The minimum absolute atomic E-state index is 0.139. The van der Waals surface area contributed by atoms with Crippen LogP contribution in [0.25, 0.3) is 0 Å². The van der Waals surface area contributed by atoms with E-state index in [9.17, 15) is 17.6 Å². The van der Waals surface area contributed by atoms with Crippen molar-refractivity contribution in [3.8, 4) is 5.75 Å². The highest BCUT2D eigenvalue weighted by atomic mass is 32.2. The first-order valence-corrected chi connectivity index (χ1v) is 8.23. The Kier molecular flexibility index (Phi) is 4.27. The third-order valence-electron chi connectivity index (χ3n) is 3.31. The van der Waals surface area contributed by atoms with Crippen molar-refractivity contribution in [3.63, 3.8) is 0 Å². The number of hydrogen-bond acceptors (Lipinski definition) is 4. The van der Waals surface area contributed by atoms with E-state index in [1.807, 2.05) is 0 Å². The maximum atomic E-state index is 13.0. The number of piperidine rings is 1. The average Bonchev–Trinajstić information content (AvgIpc) is 2.38. The van der Waals surface area contributed by atoms with E-state index >= 15 is 0 Å². The number of carbonyl (C=O) groups excluding carboxylic acids is 1. The van der Waals surface area contributed by atoms with Gasteiger partial charge in [-0.25, -0.2) is 17.6 Å². The lowest BCUT2D eigenvalue weighted by Crippen LogP contribution is -2.43. The summed E-state index contributed by atoms with van der Waals surface area (Å²) in [7, 11) is -3.07. The largest absolute Gasteiger partial charge is 0.415 e. The first-order valence-electron chi connectivity index (χ1n) is 6.27. The lowest BCUT2D eigenvalue weighted by atomic mass is 10.1. The van der Waals surface area contributed by atoms with Crippen LogP contribution in [0.15, 0.2) is 24.3 Å². The summed E-state index contributed by atoms with van der Waals surface area (Å²) >= 11 is 0. The van der Waals surface area contributed by atoms with Gasteiger partial charge in [-0.15, -0.1) is 0 Å². The van der Waals surface area contributed by atoms with E-state index in [0.29, 0.717) is 25.9 Å². The van der Waals surface area contributed by atoms with Gasteiger partial charge in [-0.05, 0) is 25.0 Å². The van der Waals surface area contributed by atoms with Gasteiger partial charge in [0.15, 0.2) is 0 Å². The topological polar surface area (TPSA) is 63.7 Å². The standard InChI is InChI=1S/C13H16FNO4S/c1-20(17,18)12-5-7-15(8-6-12)13(16)19-11-4-2-3-10(14)9-11/h2-4,9,12H,5-8H2,1H3. The van der Waals surface area contributed by atoms with Gasteiger partial charge >= 0.3 is 6.09 Å². The van der Waals surface area contributed by atoms with Crippen LogP contribution in [0.5, 0.6) is 5.75 Å². The Morgan fingerprint density at radius 1 is 1.35 bits per heavy atom. The van der Waals surface area contributed by atoms with Crippen LogP contribution in [-0.4, -0.2) is 44.0 Å². The van der Waals surface area contributed by atoms with Crippen molar-refractivity contribution in [3.05, 3.63) is 30.1 Å². The van der Waals surface area contributed by atoms with Crippen molar-refractivity contribution >= 4 is 15.9 Å². The first kappa shape index (κ1) is 14.8. The molecule has 1 heterocycles. The van der Waals surface area contributed by atoms with Crippen molar-refractivity contribution in [1.82, 2.24) is 4.90 Å². The van der Waals surface area contributed by atoms with Crippen molar-refractivity contribution in [2.75, 3.05) is 19.3 Å². The molecule has 7 heteroatoms. The van der Waals surface area contributed by atoms with Gasteiger partial charge in [0.1, 0.15) is 21.4 Å². The SMILES string of the molecule is CS(=O)(=O)C1CCN(C(=O)Oc2cccc(F)c2)CC1. The molecule has 0 aromatic heterocycles. The third-order valence-corrected chi connectivity index (χ3v) is 4.99. The Morgan fingerprint density at radius 2 is 2.00 bits per heavy atom. The number of halogens is 1. The number of amides is 1. The maximum absolute atomic E-state index is 13.0. The van der Waals surface area contributed by atoms with E-state index in [4.69, 9.17) is 4.74 Å². The summed E-state index contributed by atoms with van der Waals surface area (Å²) in [6, 6.07) is 5.33. The number of likely N-dealkylation sites (tertiary alicyclic amines) is 1. The second kappa shape index (κ2) is 5.78. The van der Waals surface area contributed by atoms with Crippen LogP contribution in [0.1, 0.15) is 12.8 Å². The number of benzene rings is 1. The van der Waals surface area contributed by atoms with Gasteiger partial charge in [-0.2, -0.15) is 0 Å². The predicted octanol–water partition coefficient (Wildman–Crippen LogP) is 1.83. The second-order valence-electron chi connectivity index (χ2n) is 4.84. The molecule has 1 fully saturated rings. The zero-order chi connectivity index (χ0) is 14.8. The highest BCUT2D eigenvalue weighted by Crippen LogP contribution is 2.19. The molecule has 1 aromatic carbocycles. The van der Waals surface area contributed by atoms with Crippen LogP contribution >= 0.6 is 0 Å². The van der Waals surface area contributed by atoms with E-state index in [0.717, 1.165) is 6.07 Å². The summed E-state index contributed by atoms with van der Waals surface area (Å²) in [6.45, 7) is 0.651. The number of rotatable bonds is 2. The van der Waals surface area contributed by atoms with Crippen LogP contribution in [0.3, 0.4) is 0 Å². The van der Waals surface area contributed by atoms with Crippen LogP contribution < -0.4 is 4.74 Å². The zero-order valence-electron chi connectivity index (χ0n) is 11.1. The van der Waals surface area contributed by atoms with E-state index in [2.05, 4.69) is 0 Å². The number of sulfone groups is 1. The molecule has 0 bridgehead atoms. The zero-order valence-corrected chi connectivity index (χ0v) is 11.9. The molecule has 1 aromatic rings. The van der Waals surface area contributed by atoms with Crippen molar-refractivity contribution in [1.29, 1.82) is 0 Å². The normalized spacial score (nSPS) is 17.0. The highest BCUT2D eigenvalue weighted by molar-refractivity contribution is 7.91. The van der Waals surface area contributed by atoms with Gasteiger partial charge in [0.2, 0.25) is 0 Å². The molecular weight excluding hydrogens is 285 g/mol. The first-order chi connectivity index (χ1) is 9.36. The molecule has 0 atom stereocenters. The molecule has 1 amide bonds. The Morgan fingerprint density at radius 3 is 2.55 bits per heavy atom. The molecule has 0 aliphatic carbocycles. The molecule has 1 saturated heterocycles. The average molecular weight is 301 g/mol. The molecule has 0 saturated carbocycles. The lowest BCUT2D eigenvalue weighted by molar-refractivity contribution is 0.143. The molecule has 110 valence electrons. The van der Waals surface area contributed by atoms with Crippen LogP contribution in [0.4, 0.5) is 9.18 Å². The lowest BCUT2D eigenvalue weighted by Gasteiger charge is -2.30. The molecule has 0 N–H and O–H groups in total. The van der Waals surface area contributed by atoms with Gasteiger partial charge in [0.05, 0.1) is 5.25 Å². The summed E-state index contributed by atoms with van der Waals surface area (Å²) < 4.78 is 40.9. The Hall–Kier alpha value is -1.63. The highest BCUT2D eigenvalue weighted by Gasteiger charge is 2.29. The van der Waals surface area contributed by atoms with Crippen LogP contribution in [-0.2, 0) is 9.84 Å². The Labute approximate surface area is 117 Å². The van der Waals surface area contributed by atoms with Gasteiger partial charge in [-0.1, -0.05) is 6.07 Å². The molecule has 0 spiro atoms. The van der Waals surface area contributed by atoms with E-state index in [1.54, 1.807) is 0 Å². The van der Waals surface area contributed by atoms with Crippen molar-refractivity contribution < 1.29 is 22.3 Å². The van der Waals surface area contributed by atoms with E-state index in [1.165, 1.54) is 29.4 Å². The third kappa shape index (κ3) is 3.69. The molecule has 0 radical (unpaired) electrons. The summed E-state index contributed by atoms with van der Waals surface area (Å²) in [6.07, 6.45) is 1.43. The van der Waals surface area contributed by atoms with Crippen molar-refractivity contribution in [2.45, 2.75) is 18.1 Å². The smallest absolute Gasteiger partial charge is 0.410 e. The fraction of sp³-hybridized carbons (Fsp3) is 0.462. The van der Waals surface area contributed by atoms with Gasteiger partial charge in [-0.3, -0.25) is 0 Å². The molecule has 20 heavy (non-hydrogen) atoms. The number of carbonyl (C=O) groups is 1. The quantitative estimate of drug-likeness (QED) is 0.836. The molecule has 5 nitrogen and oxygen atoms in total. The summed E-state index contributed by atoms with van der Waals surface area (Å²) in [5.41, 5.74) is 0. The molecule has 2 rings (SSSR count). The Bertz CT molecular complexity index is 594. The monoisotopic (exact) mass is 301 g/mol. The Balaban J connectivity index is 1.92. The van der Waals surface area contributed by atoms with Crippen LogP contribution in [0.2, 0.25) is 0 Å². The number of nitrogens with zero attached hydrogens (tertiary/aromatic N) is 1. The van der Waals surface area contributed by atoms with Gasteiger partial charge < -0.3 is 9.64 Å². The molecule has 1 aliphatic heterocycles. The number of ether oxygens (including phenoxy) is 1. The van der Waals surface area contributed by atoms with Crippen molar-refractivity contribution in [2.24, 2.45) is 0 Å². The molecule has 0 unspecified atom stereocenters. The van der Waals surface area contributed by atoms with Gasteiger partial charge in [0, 0.05) is 25.4 Å². The minimum atomic E-state index is -3.07. The fourth-order valence-corrected chi connectivity index (χ4v) is 3.23. The van der Waals surface area contributed by atoms with E-state index in [-0.39, 0.29) is 5.75 Å². The fourth-order valence-electron chi connectivity index (χ4n) is 2.16. The van der Waals surface area contributed by atoms with Crippen LogP contribution in [0, 0.1) is 5.82 Å². The van der Waals surface area contributed by atoms with Gasteiger partial charge in [0.25, 0.3) is 0 Å². The molecule has 1 aliphatic rings. The van der Waals surface area contributed by atoms with E-state index < -0.39 is 27.0 Å². The predicted molar refractivity (Wildman–Crippen MR) is 71.9 cm³/mol.